The first-order valence-electron chi connectivity index (χ1n) is 5.94. The van der Waals surface area contributed by atoms with E-state index in [4.69, 9.17) is 5.73 Å². The Balaban J connectivity index is 0.00000180. The standard InChI is InChI=1S/C15H16FNS.ClH/c16-13-8-6-12(7-9-13)15(17)10-11-18-14-4-2-1-3-5-14;/h1-9,15H,10-11,17H2;1H. The summed E-state index contributed by atoms with van der Waals surface area (Å²) in [4.78, 5) is 1.25. The molecule has 102 valence electrons. The minimum Gasteiger partial charge on any atom is -0.324 e. The number of hydrogen-bond donors (Lipinski definition) is 1. The molecule has 0 aromatic heterocycles. The van der Waals surface area contributed by atoms with Crippen molar-refractivity contribution >= 4 is 24.2 Å². The van der Waals surface area contributed by atoms with Gasteiger partial charge in [-0.3, -0.25) is 0 Å². The van der Waals surface area contributed by atoms with E-state index in [1.807, 2.05) is 18.2 Å². The van der Waals surface area contributed by atoms with Gasteiger partial charge in [0.25, 0.3) is 0 Å². The highest BCUT2D eigenvalue weighted by Gasteiger charge is 2.06. The van der Waals surface area contributed by atoms with Crippen molar-refractivity contribution in [3.63, 3.8) is 0 Å². The van der Waals surface area contributed by atoms with Gasteiger partial charge in [-0.05, 0) is 42.0 Å². The molecule has 2 aromatic carbocycles. The Bertz CT molecular complexity index is 475. The zero-order valence-corrected chi connectivity index (χ0v) is 12.1. The molecular weight excluding hydrogens is 281 g/mol. The number of hydrogen-bond acceptors (Lipinski definition) is 2. The summed E-state index contributed by atoms with van der Waals surface area (Å²) < 4.78 is 12.8. The maximum atomic E-state index is 12.8. The number of benzene rings is 2. The molecule has 2 aromatic rings. The van der Waals surface area contributed by atoms with E-state index < -0.39 is 0 Å². The summed E-state index contributed by atoms with van der Waals surface area (Å²) in [5.41, 5.74) is 7.06. The molecule has 0 saturated carbocycles. The average molecular weight is 298 g/mol. The van der Waals surface area contributed by atoms with Crippen LogP contribution in [0.3, 0.4) is 0 Å². The van der Waals surface area contributed by atoms with Gasteiger partial charge in [-0.2, -0.15) is 0 Å². The van der Waals surface area contributed by atoms with Crippen LogP contribution < -0.4 is 5.73 Å². The van der Waals surface area contributed by atoms with Crippen molar-refractivity contribution in [1.82, 2.24) is 0 Å². The van der Waals surface area contributed by atoms with E-state index in [0.29, 0.717) is 0 Å². The zero-order chi connectivity index (χ0) is 12.8. The molecule has 2 rings (SSSR count). The fourth-order valence-corrected chi connectivity index (χ4v) is 2.65. The zero-order valence-electron chi connectivity index (χ0n) is 10.5. The van der Waals surface area contributed by atoms with Crippen molar-refractivity contribution in [2.75, 3.05) is 5.75 Å². The summed E-state index contributed by atoms with van der Waals surface area (Å²) in [5, 5.41) is 0. The van der Waals surface area contributed by atoms with Crippen molar-refractivity contribution in [2.24, 2.45) is 5.73 Å². The third-order valence-electron chi connectivity index (χ3n) is 2.74. The first-order chi connectivity index (χ1) is 8.75. The van der Waals surface area contributed by atoms with Gasteiger partial charge in [0.15, 0.2) is 0 Å². The molecule has 19 heavy (non-hydrogen) atoms. The molecule has 1 nitrogen and oxygen atoms in total. The van der Waals surface area contributed by atoms with Crippen LogP contribution in [-0.2, 0) is 0 Å². The smallest absolute Gasteiger partial charge is 0.123 e. The van der Waals surface area contributed by atoms with Crippen LogP contribution in [-0.4, -0.2) is 5.75 Å². The summed E-state index contributed by atoms with van der Waals surface area (Å²) in [6.45, 7) is 0. The molecule has 1 atom stereocenters. The average Bonchev–Trinajstić information content (AvgIpc) is 2.40. The Morgan fingerprint density at radius 2 is 1.63 bits per heavy atom. The first-order valence-corrected chi connectivity index (χ1v) is 6.93. The van der Waals surface area contributed by atoms with Crippen LogP contribution in [0.1, 0.15) is 18.0 Å². The van der Waals surface area contributed by atoms with E-state index in [1.165, 1.54) is 17.0 Å². The predicted molar refractivity (Wildman–Crippen MR) is 82.4 cm³/mol. The third-order valence-corrected chi connectivity index (χ3v) is 3.78. The fourth-order valence-electron chi connectivity index (χ4n) is 1.70. The van der Waals surface area contributed by atoms with Gasteiger partial charge >= 0.3 is 0 Å². The number of nitrogens with two attached hydrogens (primary N) is 1. The lowest BCUT2D eigenvalue weighted by Gasteiger charge is -2.11. The van der Waals surface area contributed by atoms with Gasteiger partial charge in [-0.1, -0.05) is 30.3 Å². The highest BCUT2D eigenvalue weighted by Crippen LogP contribution is 2.22. The topological polar surface area (TPSA) is 26.0 Å². The van der Waals surface area contributed by atoms with E-state index in [1.54, 1.807) is 23.9 Å². The summed E-state index contributed by atoms with van der Waals surface area (Å²) >= 11 is 1.79. The lowest BCUT2D eigenvalue weighted by Crippen LogP contribution is -2.11. The fraction of sp³-hybridized carbons (Fsp3) is 0.200. The van der Waals surface area contributed by atoms with Crippen LogP contribution in [0, 0.1) is 5.82 Å². The molecule has 0 heterocycles. The van der Waals surface area contributed by atoms with Gasteiger partial charge < -0.3 is 5.73 Å². The largest absolute Gasteiger partial charge is 0.324 e. The van der Waals surface area contributed by atoms with Crippen LogP contribution >= 0.6 is 24.2 Å². The highest BCUT2D eigenvalue weighted by molar-refractivity contribution is 7.99. The summed E-state index contributed by atoms with van der Waals surface area (Å²) in [6.07, 6.45) is 0.880. The monoisotopic (exact) mass is 297 g/mol. The van der Waals surface area contributed by atoms with Crippen LogP contribution in [0.5, 0.6) is 0 Å². The van der Waals surface area contributed by atoms with Gasteiger partial charge in [0, 0.05) is 10.9 Å². The maximum Gasteiger partial charge on any atom is 0.123 e. The second kappa shape index (κ2) is 8.20. The second-order valence-electron chi connectivity index (χ2n) is 4.11. The Kier molecular flexibility index (Phi) is 6.92. The van der Waals surface area contributed by atoms with E-state index >= 15 is 0 Å². The van der Waals surface area contributed by atoms with Crippen LogP contribution in [0.2, 0.25) is 0 Å². The molecule has 4 heteroatoms. The maximum absolute atomic E-state index is 12.8. The van der Waals surface area contributed by atoms with Gasteiger partial charge in [0.2, 0.25) is 0 Å². The normalized spacial score (nSPS) is 11.7. The quantitative estimate of drug-likeness (QED) is 0.826. The molecule has 0 radical (unpaired) electrons. The van der Waals surface area contributed by atoms with Crippen molar-refractivity contribution in [3.8, 4) is 0 Å². The van der Waals surface area contributed by atoms with Crippen LogP contribution in [0.25, 0.3) is 0 Å². The lowest BCUT2D eigenvalue weighted by atomic mass is 10.1. The van der Waals surface area contributed by atoms with E-state index in [0.717, 1.165) is 17.7 Å². The molecule has 0 aliphatic heterocycles. The van der Waals surface area contributed by atoms with Gasteiger partial charge in [0.05, 0.1) is 0 Å². The molecular formula is C15H17ClFNS. The first kappa shape index (κ1) is 16.0. The van der Waals surface area contributed by atoms with E-state index in [9.17, 15) is 4.39 Å². The van der Waals surface area contributed by atoms with Crippen molar-refractivity contribution in [1.29, 1.82) is 0 Å². The molecule has 1 unspecified atom stereocenters. The Hall–Kier alpha value is -1.03. The minimum atomic E-state index is -0.218. The highest BCUT2D eigenvalue weighted by atomic mass is 35.5. The number of thioether (sulfide) groups is 1. The molecule has 0 bridgehead atoms. The summed E-state index contributed by atoms with van der Waals surface area (Å²) in [7, 11) is 0. The van der Waals surface area contributed by atoms with Crippen LogP contribution in [0.4, 0.5) is 4.39 Å². The number of rotatable bonds is 5. The molecule has 0 aliphatic carbocycles. The van der Waals surface area contributed by atoms with Crippen molar-refractivity contribution in [3.05, 3.63) is 66.0 Å². The lowest BCUT2D eigenvalue weighted by molar-refractivity contribution is 0.624. The molecule has 0 saturated heterocycles. The Labute approximate surface area is 123 Å². The Morgan fingerprint density at radius 1 is 1.00 bits per heavy atom. The van der Waals surface area contributed by atoms with Crippen molar-refractivity contribution in [2.45, 2.75) is 17.4 Å². The predicted octanol–water partition coefficient (Wildman–Crippen LogP) is 4.43. The van der Waals surface area contributed by atoms with Gasteiger partial charge in [-0.25, -0.2) is 4.39 Å². The minimum absolute atomic E-state index is 0. The Morgan fingerprint density at radius 3 is 2.26 bits per heavy atom. The summed E-state index contributed by atoms with van der Waals surface area (Å²) in [5.74, 6) is 0.743. The number of halogens is 2. The molecule has 0 fully saturated rings. The van der Waals surface area contributed by atoms with Crippen molar-refractivity contribution < 1.29 is 4.39 Å². The summed E-state index contributed by atoms with van der Waals surface area (Å²) in [6, 6.07) is 16.7. The third kappa shape index (κ3) is 5.23. The molecule has 0 aliphatic rings. The van der Waals surface area contributed by atoms with E-state index in [-0.39, 0.29) is 24.3 Å². The molecule has 0 amide bonds. The second-order valence-corrected chi connectivity index (χ2v) is 5.28. The van der Waals surface area contributed by atoms with Gasteiger partial charge in [0.1, 0.15) is 5.82 Å². The SMILES string of the molecule is Cl.NC(CCSc1ccccc1)c1ccc(F)cc1. The molecule has 2 N–H and O–H groups in total. The van der Waals surface area contributed by atoms with Gasteiger partial charge in [-0.15, -0.1) is 24.2 Å². The van der Waals surface area contributed by atoms with Crippen LogP contribution in [0.15, 0.2) is 59.5 Å². The van der Waals surface area contributed by atoms with E-state index in [2.05, 4.69) is 12.1 Å². The molecule has 0 spiro atoms.